The molecule has 0 aliphatic rings. The van der Waals surface area contributed by atoms with E-state index in [4.69, 9.17) is 0 Å². The number of rotatable bonds is 6. The Morgan fingerprint density at radius 1 is 0.329 bits per heavy atom. The normalized spacial score (nSPS) is 13.3. The Bertz CT molecular complexity index is 2860. The molecular weight excluding hydrogens is 1080 g/mol. The maximum absolute atomic E-state index is 14.2. The minimum Gasteiger partial charge on any atom is -0.194 e. The van der Waals surface area contributed by atoms with Crippen molar-refractivity contribution >= 4 is 38.9 Å². The Hall–Kier alpha value is -7.40. The summed E-state index contributed by atoms with van der Waals surface area (Å²) in [6.45, 7) is 0.713. The van der Waals surface area contributed by atoms with Crippen LogP contribution in [-0.4, -0.2) is 6.15 Å². The van der Waals surface area contributed by atoms with Crippen molar-refractivity contribution in [3.8, 4) is 6.07 Å². The van der Waals surface area contributed by atoms with Gasteiger partial charge in [0, 0.05) is 23.1 Å². The highest BCUT2D eigenvalue weighted by Gasteiger charge is 2.47. The number of fused-ring (bicyclic) bond motifs is 1. The molecule has 27 heteroatoms. The zero-order valence-corrected chi connectivity index (χ0v) is 37.0. The second kappa shape index (κ2) is 20.0. The Balaban J connectivity index is 0.000000408. The van der Waals surface area contributed by atoms with Crippen molar-refractivity contribution in [2.45, 2.75) is 56.0 Å². The van der Waals surface area contributed by atoms with Crippen LogP contribution >= 0.6 is 0 Å². The highest BCUT2D eigenvalue weighted by atomic mass is 19.4. The number of aromatic nitrogens is 1. The summed E-state index contributed by atoms with van der Waals surface area (Å²) in [7, 11) is 0. The molecule has 0 saturated carbocycles. The van der Waals surface area contributed by atoms with E-state index in [1.54, 1.807) is 0 Å². The molecule has 0 N–H and O–H groups in total. The van der Waals surface area contributed by atoms with Crippen LogP contribution in [0, 0.1) is 11.3 Å². The molecular formula is C49H25BF24N2. The fraction of sp³-hybridized carbons (Fsp3) is 0.184. The number of alkyl halides is 24. The fourth-order valence-corrected chi connectivity index (χ4v) is 8.37. The van der Waals surface area contributed by atoms with E-state index in [9.17, 15) is 111 Å². The van der Waals surface area contributed by atoms with Crippen LogP contribution in [0.4, 0.5) is 105 Å². The van der Waals surface area contributed by atoms with E-state index in [1.165, 1.54) is 5.56 Å². The molecule has 0 radical (unpaired) electrons. The first kappa shape index (κ1) is 57.9. The van der Waals surface area contributed by atoms with Gasteiger partial charge in [-0.05, 0) is 36.4 Å². The molecule has 0 spiro atoms. The Kier molecular flexibility index (Phi) is 15.2. The zero-order valence-electron chi connectivity index (χ0n) is 37.0. The summed E-state index contributed by atoms with van der Waals surface area (Å²) in [6, 6.07) is 15.7. The maximum atomic E-state index is 14.2. The number of nitriles is 1. The lowest BCUT2D eigenvalue weighted by Crippen LogP contribution is -2.75. The number of halogens is 24. The van der Waals surface area contributed by atoms with Crippen molar-refractivity contribution in [2.24, 2.45) is 0 Å². The molecule has 0 fully saturated rings. The van der Waals surface area contributed by atoms with Gasteiger partial charge < -0.3 is 0 Å². The molecule has 0 aliphatic heterocycles. The van der Waals surface area contributed by atoms with Gasteiger partial charge in [-0.15, -0.1) is 0 Å². The minimum atomic E-state index is -6.13. The maximum Gasteiger partial charge on any atom is 0.416 e. The molecule has 7 aromatic rings. The predicted octanol–water partition coefficient (Wildman–Crippen LogP) is 14.3. The lowest BCUT2D eigenvalue weighted by Gasteiger charge is -2.46. The van der Waals surface area contributed by atoms with E-state index in [2.05, 4.69) is 34.9 Å². The van der Waals surface area contributed by atoms with E-state index < -0.39 is 195 Å². The summed E-state index contributed by atoms with van der Waals surface area (Å²) in [5, 5.41) is 10.4. The molecule has 1 aromatic heterocycles. The van der Waals surface area contributed by atoms with Crippen molar-refractivity contribution in [3.05, 3.63) is 195 Å². The molecule has 76 heavy (non-hydrogen) atoms. The fourth-order valence-electron chi connectivity index (χ4n) is 8.37. The van der Waals surface area contributed by atoms with Crippen molar-refractivity contribution in [1.29, 1.82) is 5.26 Å². The topological polar surface area (TPSA) is 27.7 Å². The Morgan fingerprint density at radius 2 is 0.592 bits per heavy atom. The zero-order chi connectivity index (χ0) is 57.0. The summed E-state index contributed by atoms with van der Waals surface area (Å²) in [6.07, 6.45) is -54.8. The van der Waals surface area contributed by atoms with Crippen molar-refractivity contribution in [3.63, 3.8) is 0 Å². The summed E-state index contributed by atoms with van der Waals surface area (Å²) >= 11 is 0. The van der Waals surface area contributed by atoms with Crippen LogP contribution in [0.1, 0.15) is 55.8 Å². The third kappa shape index (κ3) is 12.6. The standard InChI is InChI=1S/C32H12BF24.C17H13N2/c34-25(35,36)13-1-14(26(37,38)39)6-21(5-13)33(22-7-15(27(40,41)42)2-16(8-22)28(43,44)45,23-9-17(29(46,47)48)3-18(10-23)30(49,50)51)24-11-19(31(52,53)54)4-20(12-24)32(55,56)57;18-12-16-11-10-15-8-4-5-9-17(15)19(16)13-14-6-2-1-3-7-14/h1-12H;1-11H,13H2/q-1;+1. The van der Waals surface area contributed by atoms with Gasteiger partial charge in [0.05, 0.1) is 44.5 Å². The van der Waals surface area contributed by atoms with Gasteiger partial charge in [0.25, 0.3) is 5.69 Å². The van der Waals surface area contributed by atoms with E-state index >= 15 is 0 Å². The number of hydrogen-bond donors (Lipinski definition) is 0. The minimum absolute atomic E-state index is 0.683. The summed E-state index contributed by atoms with van der Waals surface area (Å²) in [4.78, 5) is 0. The first-order valence-corrected chi connectivity index (χ1v) is 20.9. The first-order valence-electron chi connectivity index (χ1n) is 20.9. The van der Waals surface area contributed by atoms with E-state index in [1.807, 2.05) is 42.5 Å². The number of pyridine rings is 1. The molecule has 0 amide bonds. The van der Waals surface area contributed by atoms with Gasteiger partial charge in [-0.1, -0.05) is 91.0 Å². The predicted molar refractivity (Wildman–Crippen MR) is 224 cm³/mol. The number of benzene rings is 6. The van der Waals surface area contributed by atoms with Crippen LogP contribution in [0.25, 0.3) is 10.9 Å². The first-order chi connectivity index (χ1) is 34.6. The van der Waals surface area contributed by atoms with Gasteiger partial charge in [-0.2, -0.15) is 137 Å². The molecule has 0 saturated heterocycles. The van der Waals surface area contributed by atoms with Crippen LogP contribution in [0.2, 0.25) is 0 Å². The molecule has 0 atom stereocenters. The van der Waals surface area contributed by atoms with Crippen molar-refractivity contribution in [2.75, 3.05) is 0 Å². The second-order valence-corrected chi connectivity index (χ2v) is 16.7. The highest BCUT2D eigenvalue weighted by Crippen LogP contribution is 2.41. The van der Waals surface area contributed by atoms with Crippen LogP contribution in [0.15, 0.2) is 140 Å². The number of hydrogen-bond acceptors (Lipinski definition) is 1. The number of para-hydroxylation sites is 1. The molecule has 6 aromatic carbocycles. The summed E-state index contributed by atoms with van der Waals surface area (Å²) < 4.78 is 343. The largest absolute Gasteiger partial charge is 0.416 e. The van der Waals surface area contributed by atoms with E-state index in [0.29, 0.717) is 12.2 Å². The molecule has 402 valence electrons. The molecule has 0 unspecified atom stereocenters. The molecule has 2 nitrogen and oxygen atoms in total. The lowest BCUT2D eigenvalue weighted by molar-refractivity contribution is -0.664. The van der Waals surface area contributed by atoms with Crippen LogP contribution < -0.4 is 26.4 Å². The number of nitrogens with zero attached hydrogens (tertiary/aromatic N) is 2. The quantitative estimate of drug-likeness (QED) is 0.0926. The molecule has 1 heterocycles. The van der Waals surface area contributed by atoms with Gasteiger partial charge in [0.2, 0.25) is 5.52 Å². The average Bonchev–Trinajstić information content (AvgIpc) is 3.30. The monoisotopic (exact) mass is 1110 g/mol. The van der Waals surface area contributed by atoms with Crippen LogP contribution in [0.5, 0.6) is 0 Å². The molecule has 7 rings (SSSR count). The van der Waals surface area contributed by atoms with Gasteiger partial charge >= 0.3 is 49.4 Å². The van der Waals surface area contributed by atoms with E-state index in [-0.39, 0.29) is 0 Å². The lowest BCUT2D eigenvalue weighted by atomic mass is 9.12. The van der Waals surface area contributed by atoms with Crippen LogP contribution in [0.3, 0.4) is 0 Å². The van der Waals surface area contributed by atoms with E-state index in [0.717, 1.165) is 10.9 Å². The summed E-state index contributed by atoms with van der Waals surface area (Å²) in [5.74, 6) is 0. The SMILES string of the molecule is FC(F)(F)c1cc([B-](c2cc(C(F)(F)F)cc(C(F)(F)F)c2)(c2cc(C(F)(F)F)cc(C(F)(F)F)c2)c2cc(C(F)(F)F)cc(C(F)(F)F)c2)cc(C(F)(F)F)c1.N#Cc1ccc2ccccc2[n+]1Cc1ccccc1. The highest BCUT2D eigenvalue weighted by molar-refractivity contribution is 7.20. The third-order valence-corrected chi connectivity index (χ3v) is 11.7. The second-order valence-electron chi connectivity index (χ2n) is 16.7. The van der Waals surface area contributed by atoms with Gasteiger partial charge in [0.1, 0.15) is 6.15 Å². The van der Waals surface area contributed by atoms with Crippen molar-refractivity contribution < 1.29 is 110 Å². The van der Waals surface area contributed by atoms with Gasteiger partial charge in [-0.3, -0.25) is 0 Å². The smallest absolute Gasteiger partial charge is 0.194 e. The molecule has 0 bridgehead atoms. The van der Waals surface area contributed by atoms with Gasteiger partial charge in [-0.25, -0.2) is 0 Å². The van der Waals surface area contributed by atoms with Gasteiger partial charge in [0.15, 0.2) is 12.6 Å². The van der Waals surface area contributed by atoms with Crippen molar-refractivity contribution in [1.82, 2.24) is 0 Å². The average molecular weight is 1110 g/mol. The van der Waals surface area contributed by atoms with Crippen LogP contribution in [-0.2, 0) is 56.0 Å². The Morgan fingerprint density at radius 3 is 0.855 bits per heavy atom. The molecule has 0 aliphatic carbocycles. The summed E-state index contributed by atoms with van der Waals surface area (Å²) in [5.41, 5.74) is -27.2. The third-order valence-electron chi connectivity index (χ3n) is 11.7. The Labute approximate surface area is 411 Å².